The van der Waals surface area contributed by atoms with Crippen LogP contribution in [-0.2, 0) is 13.2 Å². The summed E-state index contributed by atoms with van der Waals surface area (Å²) < 4.78 is 8.61. The molecule has 0 aliphatic rings. The van der Waals surface area contributed by atoms with Gasteiger partial charge in [-0.3, -0.25) is 4.79 Å². The van der Waals surface area contributed by atoms with Crippen molar-refractivity contribution in [2.45, 2.75) is 123 Å². The van der Waals surface area contributed by atoms with Gasteiger partial charge in [0, 0.05) is 17.5 Å². The number of fused-ring (bicyclic) bond motifs is 1. The SMILES string of the molecule is CCCCCCCCCCCCCCCCCCn1c(-c2ccccc2)c(OCc2ccc(O)cc2)c(=O)c2ccccc21. The standard InChI is InChI=1S/C40H53NO3/c1-2-3-4-5-6-7-8-9-10-11-12-13-14-15-16-22-31-41-37-26-21-20-25-36(37)39(43)40(38(41)34-23-18-17-19-24-34)44-32-33-27-29-35(42)30-28-33/h17-21,23-30,42H,2-16,22,31-32H2,1H3. The Morgan fingerprint density at radius 2 is 1.14 bits per heavy atom. The van der Waals surface area contributed by atoms with Crippen LogP contribution >= 0.6 is 0 Å². The third-order valence-electron chi connectivity index (χ3n) is 8.73. The minimum atomic E-state index is -0.0820. The van der Waals surface area contributed by atoms with Gasteiger partial charge in [0.25, 0.3) is 0 Å². The smallest absolute Gasteiger partial charge is 0.231 e. The zero-order chi connectivity index (χ0) is 30.8. The first-order chi connectivity index (χ1) is 21.7. The number of rotatable bonds is 21. The Bertz CT molecular complexity index is 1430. The molecular weight excluding hydrogens is 542 g/mol. The minimum absolute atomic E-state index is 0.0820. The summed E-state index contributed by atoms with van der Waals surface area (Å²) in [4.78, 5) is 13.8. The molecule has 4 nitrogen and oxygen atoms in total. The first-order valence-corrected chi connectivity index (χ1v) is 17.3. The van der Waals surface area contributed by atoms with E-state index in [-0.39, 0.29) is 17.8 Å². The molecule has 44 heavy (non-hydrogen) atoms. The second-order valence-corrected chi connectivity index (χ2v) is 12.3. The quantitative estimate of drug-likeness (QED) is 0.0975. The van der Waals surface area contributed by atoms with Crippen molar-refractivity contribution < 1.29 is 9.84 Å². The number of benzene rings is 3. The van der Waals surface area contributed by atoms with E-state index in [9.17, 15) is 9.90 Å². The first kappa shape index (κ1) is 33.4. The zero-order valence-electron chi connectivity index (χ0n) is 26.9. The summed E-state index contributed by atoms with van der Waals surface area (Å²) >= 11 is 0. The summed E-state index contributed by atoms with van der Waals surface area (Å²) in [6.45, 7) is 3.37. The van der Waals surface area contributed by atoms with E-state index >= 15 is 0 Å². The fourth-order valence-electron chi connectivity index (χ4n) is 6.19. The molecule has 236 valence electrons. The molecular formula is C40H53NO3. The predicted molar refractivity (Wildman–Crippen MR) is 186 cm³/mol. The van der Waals surface area contributed by atoms with Crippen molar-refractivity contribution in [1.82, 2.24) is 4.57 Å². The van der Waals surface area contributed by atoms with Crippen molar-refractivity contribution in [2.24, 2.45) is 0 Å². The van der Waals surface area contributed by atoms with Gasteiger partial charge in [-0.1, -0.05) is 158 Å². The minimum Gasteiger partial charge on any atom is -0.508 e. The van der Waals surface area contributed by atoms with E-state index in [4.69, 9.17) is 4.74 Å². The van der Waals surface area contributed by atoms with Crippen LogP contribution in [0.5, 0.6) is 11.5 Å². The molecule has 0 amide bonds. The van der Waals surface area contributed by atoms with Crippen LogP contribution in [-0.4, -0.2) is 9.67 Å². The van der Waals surface area contributed by atoms with Gasteiger partial charge < -0.3 is 14.4 Å². The van der Waals surface area contributed by atoms with E-state index in [0.29, 0.717) is 11.1 Å². The Hall–Kier alpha value is -3.53. The molecule has 1 N–H and O–H groups in total. The Kier molecular flexibility index (Phi) is 14.4. The van der Waals surface area contributed by atoms with Gasteiger partial charge in [-0.15, -0.1) is 0 Å². The van der Waals surface area contributed by atoms with Crippen LogP contribution in [0.2, 0.25) is 0 Å². The Labute approximate surface area is 265 Å². The van der Waals surface area contributed by atoms with Gasteiger partial charge in [0.15, 0.2) is 5.75 Å². The van der Waals surface area contributed by atoms with Crippen molar-refractivity contribution in [3.05, 3.63) is 94.6 Å². The fourth-order valence-corrected chi connectivity index (χ4v) is 6.19. The van der Waals surface area contributed by atoms with Gasteiger partial charge in [-0.2, -0.15) is 0 Å². The lowest BCUT2D eigenvalue weighted by atomic mass is 10.0. The number of hydrogen-bond acceptors (Lipinski definition) is 3. The Morgan fingerprint density at radius 3 is 1.73 bits per heavy atom. The molecule has 0 atom stereocenters. The fraction of sp³-hybridized carbons (Fsp3) is 0.475. The van der Waals surface area contributed by atoms with Crippen LogP contribution in [0.1, 0.15) is 115 Å². The molecule has 0 bridgehead atoms. The summed E-state index contributed by atoms with van der Waals surface area (Å²) in [5, 5.41) is 10.4. The maximum absolute atomic E-state index is 13.8. The lowest BCUT2D eigenvalue weighted by Crippen LogP contribution is -2.17. The van der Waals surface area contributed by atoms with Crippen LogP contribution in [0.3, 0.4) is 0 Å². The van der Waals surface area contributed by atoms with Gasteiger partial charge in [0.05, 0.1) is 11.2 Å². The number of aryl methyl sites for hydroxylation is 1. The van der Waals surface area contributed by atoms with Crippen LogP contribution in [0.25, 0.3) is 22.2 Å². The Balaban J connectivity index is 1.32. The average molecular weight is 596 g/mol. The van der Waals surface area contributed by atoms with Crippen molar-refractivity contribution in [3.63, 3.8) is 0 Å². The maximum Gasteiger partial charge on any atom is 0.231 e. The number of pyridine rings is 1. The van der Waals surface area contributed by atoms with Gasteiger partial charge >= 0.3 is 0 Å². The van der Waals surface area contributed by atoms with E-state index in [0.717, 1.165) is 35.3 Å². The van der Waals surface area contributed by atoms with Crippen LogP contribution in [0.15, 0.2) is 83.7 Å². The molecule has 4 rings (SSSR count). The number of aromatic nitrogens is 1. The highest BCUT2D eigenvalue weighted by molar-refractivity contribution is 5.86. The number of nitrogens with zero attached hydrogens (tertiary/aromatic N) is 1. The highest BCUT2D eigenvalue weighted by Gasteiger charge is 2.20. The molecule has 0 radical (unpaired) electrons. The molecule has 4 aromatic rings. The third kappa shape index (κ3) is 10.3. The van der Waals surface area contributed by atoms with Crippen molar-refractivity contribution in [1.29, 1.82) is 0 Å². The number of unbranched alkanes of at least 4 members (excludes halogenated alkanes) is 15. The molecule has 0 fully saturated rings. The first-order valence-electron chi connectivity index (χ1n) is 17.3. The molecule has 4 heteroatoms. The second kappa shape index (κ2) is 19.0. The van der Waals surface area contributed by atoms with E-state index in [1.165, 1.54) is 96.3 Å². The van der Waals surface area contributed by atoms with Gasteiger partial charge in [-0.05, 0) is 36.2 Å². The molecule has 3 aromatic carbocycles. The lowest BCUT2D eigenvalue weighted by Gasteiger charge is -2.21. The van der Waals surface area contributed by atoms with Crippen molar-refractivity contribution in [2.75, 3.05) is 0 Å². The summed E-state index contributed by atoms with van der Waals surface area (Å²) in [7, 11) is 0. The second-order valence-electron chi connectivity index (χ2n) is 12.3. The molecule has 1 heterocycles. The van der Waals surface area contributed by atoms with Crippen LogP contribution in [0, 0.1) is 0 Å². The highest BCUT2D eigenvalue weighted by Crippen LogP contribution is 2.32. The summed E-state index contributed by atoms with van der Waals surface area (Å²) in [5.41, 5.74) is 3.59. The van der Waals surface area contributed by atoms with Crippen molar-refractivity contribution >= 4 is 10.9 Å². The number of ether oxygens (including phenoxy) is 1. The number of hydrogen-bond donors (Lipinski definition) is 1. The zero-order valence-corrected chi connectivity index (χ0v) is 26.9. The lowest BCUT2D eigenvalue weighted by molar-refractivity contribution is 0.302. The normalized spacial score (nSPS) is 11.3. The number of phenols is 1. The highest BCUT2D eigenvalue weighted by atomic mass is 16.5. The number of phenolic OH excluding ortho intramolecular Hbond substituents is 1. The predicted octanol–water partition coefficient (Wildman–Crippen LogP) is 11.2. The van der Waals surface area contributed by atoms with E-state index in [1.807, 2.05) is 48.5 Å². The third-order valence-corrected chi connectivity index (χ3v) is 8.73. The molecule has 0 unspecified atom stereocenters. The number of aromatic hydroxyl groups is 1. The molecule has 0 aliphatic heterocycles. The molecule has 0 saturated carbocycles. The molecule has 0 aliphatic carbocycles. The van der Waals surface area contributed by atoms with Gasteiger partial charge in [0.1, 0.15) is 12.4 Å². The molecule has 1 aromatic heterocycles. The molecule has 0 spiro atoms. The Morgan fingerprint density at radius 1 is 0.614 bits per heavy atom. The van der Waals surface area contributed by atoms with Gasteiger partial charge in [0.2, 0.25) is 5.43 Å². The summed E-state index contributed by atoms with van der Waals surface area (Å²) in [6.07, 6.45) is 21.5. The maximum atomic E-state index is 13.8. The van der Waals surface area contributed by atoms with Crippen molar-refractivity contribution in [3.8, 4) is 22.8 Å². The van der Waals surface area contributed by atoms with E-state index in [1.54, 1.807) is 12.1 Å². The van der Waals surface area contributed by atoms with Gasteiger partial charge in [-0.25, -0.2) is 0 Å². The monoisotopic (exact) mass is 595 g/mol. The van der Waals surface area contributed by atoms with E-state index in [2.05, 4.69) is 29.7 Å². The van der Waals surface area contributed by atoms with Crippen LogP contribution in [0.4, 0.5) is 0 Å². The largest absolute Gasteiger partial charge is 0.508 e. The topological polar surface area (TPSA) is 51.5 Å². The van der Waals surface area contributed by atoms with Crippen LogP contribution < -0.4 is 10.2 Å². The number of para-hydroxylation sites is 1. The average Bonchev–Trinajstić information content (AvgIpc) is 3.06. The van der Waals surface area contributed by atoms with E-state index < -0.39 is 0 Å². The molecule has 0 saturated heterocycles. The summed E-state index contributed by atoms with van der Waals surface area (Å²) in [5.74, 6) is 0.602. The summed E-state index contributed by atoms with van der Waals surface area (Å²) in [6, 6.07) is 25.0.